The van der Waals surface area contributed by atoms with E-state index in [9.17, 15) is 9.59 Å². The Morgan fingerprint density at radius 1 is 1.00 bits per heavy atom. The van der Waals surface area contributed by atoms with E-state index in [1.807, 2.05) is 34.9 Å². The van der Waals surface area contributed by atoms with Crippen LogP contribution in [-0.2, 0) is 6.54 Å². The van der Waals surface area contributed by atoms with Gasteiger partial charge in [-0.05, 0) is 37.6 Å². The Bertz CT molecular complexity index is 1150. The summed E-state index contributed by atoms with van der Waals surface area (Å²) in [6.45, 7) is 7.15. The third-order valence-corrected chi connectivity index (χ3v) is 6.01. The summed E-state index contributed by atoms with van der Waals surface area (Å²) in [6, 6.07) is 8.86. The molecule has 2 fully saturated rings. The Kier molecular flexibility index (Phi) is 5.82. The second-order valence-corrected chi connectivity index (χ2v) is 8.41. The molecule has 0 unspecified atom stereocenters. The maximum absolute atomic E-state index is 12.4. The van der Waals surface area contributed by atoms with E-state index in [1.165, 1.54) is 0 Å². The van der Waals surface area contributed by atoms with Crippen LogP contribution in [0.2, 0.25) is 0 Å². The van der Waals surface area contributed by atoms with Crippen molar-refractivity contribution in [3.05, 3.63) is 48.1 Å². The fourth-order valence-electron chi connectivity index (χ4n) is 3.99. The Balaban J connectivity index is 1.20. The first-order chi connectivity index (χ1) is 16.0. The van der Waals surface area contributed by atoms with Gasteiger partial charge in [0.15, 0.2) is 5.58 Å². The normalized spacial score (nSPS) is 16.5. The molecule has 0 radical (unpaired) electrons. The molecule has 2 N–H and O–H groups in total. The van der Waals surface area contributed by atoms with Crippen molar-refractivity contribution in [2.75, 3.05) is 49.9 Å². The molecule has 172 valence electrons. The number of hydrogen-bond donors (Lipinski definition) is 2. The third kappa shape index (κ3) is 4.75. The lowest BCUT2D eigenvalue weighted by Crippen LogP contribution is -2.55. The van der Waals surface area contributed by atoms with Crippen molar-refractivity contribution in [3.8, 4) is 0 Å². The first-order valence-corrected chi connectivity index (χ1v) is 11.2. The minimum absolute atomic E-state index is 0.151. The highest BCUT2D eigenvalue weighted by molar-refractivity contribution is 6.04. The number of urea groups is 2. The first-order valence-electron chi connectivity index (χ1n) is 11.2. The van der Waals surface area contributed by atoms with Crippen LogP contribution in [-0.4, -0.2) is 76.0 Å². The average Bonchev–Trinajstić information content (AvgIpc) is 3.18. The molecule has 10 heteroatoms. The molecule has 2 aromatic heterocycles. The van der Waals surface area contributed by atoms with E-state index in [0.717, 1.165) is 38.3 Å². The highest BCUT2D eigenvalue weighted by Gasteiger charge is 2.28. The number of piperazine rings is 1. The molecule has 0 spiro atoms. The summed E-state index contributed by atoms with van der Waals surface area (Å²) in [6.07, 6.45) is 2.71. The molecular weight excluding hydrogens is 422 g/mol. The number of amides is 4. The van der Waals surface area contributed by atoms with Gasteiger partial charge in [0, 0.05) is 45.0 Å². The summed E-state index contributed by atoms with van der Waals surface area (Å²) in [7, 11) is 0. The number of rotatable bonds is 4. The van der Waals surface area contributed by atoms with Crippen molar-refractivity contribution in [1.82, 2.24) is 24.7 Å². The molecule has 0 atom stereocenters. The van der Waals surface area contributed by atoms with Crippen LogP contribution < -0.4 is 10.6 Å². The number of nitrogens with zero attached hydrogens (tertiary/aromatic N) is 5. The SMILES string of the molecule is Cc1ccc(NC(=O)Nc2cccc3oc(CN4CCN(C(=O)N5CCC5)CC4)nc23)cn1. The van der Waals surface area contributed by atoms with Gasteiger partial charge in [-0.15, -0.1) is 0 Å². The van der Waals surface area contributed by atoms with Crippen LogP contribution in [0, 0.1) is 6.92 Å². The standard InChI is InChI=1S/C23H27N7O3/c1-16-6-7-17(14-24-16)25-22(31)26-18-4-2-5-19-21(18)27-20(33-19)15-28-10-12-30(13-11-28)23(32)29-8-3-9-29/h2,4-7,14H,3,8-13,15H2,1H3,(H2,25,26,31). The van der Waals surface area contributed by atoms with Crippen LogP contribution in [0.1, 0.15) is 18.0 Å². The van der Waals surface area contributed by atoms with Gasteiger partial charge in [-0.25, -0.2) is 14.6 Å². The fraction of sp³-hybridized carbons (Fsp3) is 0.391. The number of nitrogens with one attached hydrogen (secondary N) is 2. The van der Waals surface area contributed by atoms with Crippen molar-refractivity contribution < 1.29 is 14.0 Å². The molecule has 10 nitrogen and oxygen atoms in total. The van der Waals surface area contributed by atoms with Gasteiger partial charge in [0.25, 0.3) is 0 Å². The second kappa shape index (κ2) is 9.07. The summed E-state index contributed by atoms with van der Waals surface area (Å²) in [5.41, 5.74) is 3.29. The largest absolute Gasteiger partial charge is 0.439 e. The number of oxazole rings is 1. The Morgan fingerprint density at radius 2 is 1.79 bits per heavy atom. The zero-order chi connectivity index (χ0) is 22.8. The lowest BCUT2D eigenvalue weighted by Gasteiger charge is -2.40. The van der Waals surface area contributed by atoms with Crippen LogP contribution in [0.5, 0.6) is 0 Å². The number of benzene rings is 1. The van der Waals surface area contributed by atoms with E-state index in [-0.39, 0.29) is 12.1 Å². The smallest absolute Gasteiger partial charge is 0.323 e. The lowest BCUT2D eigenvalue weighted by atomic mass is 10.2. The summed E-state index contributed by atoms with van der Waals surface area (Å²) in [4.78, 5) is 39.7. The van der Waals surface area contributed by atoms with Crippen molar-refractivity contribution in [2.24, 2.45) is 0 Å². The van der Waals surface area contributed by atoms with Crippen LogP contribution in [0.15, 0.2) is 40.9 Å². The van der Waals surface area contributed by atoms with E-state index >= 15 is 0 Å². The first kappa shape index (κ1) is 21.2. The van der Waals surface area contributed by atoms with Crippen LogP contribution in [0.4, 0.5) is 21.0 Å². The Morgan fingerprint density at radius 3 is 2.48 bits per heavy atom. The van der Waals surface area contributed by atoms with Gasteiger partial charge >= 0.3 is 12.1 Å². The summed E-state index contributed by atoms with van der Waals surface area (Å²) in [5.74, 6) is 0.588. The molecule has 3 aromatic rings. The molecule has 2 aliphatic rings. The number of pyridine rings is 1. The minimum Gasteiger partial charge on any atom is -0.439 e. The molecule has 4 heterocycles. The van der Waals surface area contributed by atoms with Gasteiger partial charge in [-0.1, -0.05) is 6.07 Å². The predicted octanol–water partition coefficient (Wildman–Crippen LogP) is 3.12. The number of likely N-dealkylation sites (tertiary alicyclic amines) is 1. The van der Waals surface area contributed by atoms with Crippen molar-refractivity contribution in [1.29, 1.82) is 0 Å². The third-order valence-electron chi connectivity index (χ3n) is 6.01. The number of hydrogen-bond acceptors (Lipinski definition) is 6. The summed E-state index contributed by atoms with van der Waals surface area (Å²) in [5, 5.41) is 5.61. The molecule has 0 bridgehead atoms. The highest BCUT2D eigenvalue weighted by atomic mass is 16.3. The molecule has 0 saturated carbocycles. The van der Waals surface area contributed by atoms with Crippen molar-refractivity contribution in [3.63, 3.8) is 0 Å². The maximum Gasteiger partial charge on any atom is 0.323 e. The summed E-state index contributed by atoms with van der Waals surface area (Å²) >= 11 is 0. The van der Waals surface area contributed by atoms with Gasteiger partial charge in [-0.3, -0.25) is 9.88 Å². The number of carbonyl (C=O) groups excluding carboxylic acids is 2. The zero-order valence-corrected chi connectivity index (χ0v) is 18.6. The summed E-state index contributed by atoms with van der Waals surface area (Å²) < 4.78 is 5.94. The van der Waals surface area contributed by atoms with Crippen LogP contribution in [0.3, 0.4) is 0 Å². The number of fused-ring (bicyclic) bond motifs is 1. The van der Waals surface area contributed by atoms with Gasteiger partial charge in [0.1, 0.15) is 5.52 Å². The average molecular weight is 450 g/mol. The minimum atomic E-state index is -0.374. The molecule has 33 heavy (non-hydrogen) atoms. The van der Waals surface area contributed by atoms with Gasteiger partial charge in [0.05, 0.1) is 24.1 Å². The Labute approximate surface area is 191 Å². The van der Waals surface area contributed by atoms with Gasteiger partial charge < -0.3 is 24.9 Å². The van der Waals surface area contributed by atoms with E-state index in [4.69, 9.17) is 4.42 Å². The topological polar surface area (TPSA) is 107 Å². The van der Waals surface area contributed by atoms with Crippen molar-refractivity contribution in [2.45, 2.75) is 19.9 Å². The molecular formula is C23H27N7O3. The molecule has 2 saturated heterocycles. The zero-order valence-electron chi connectivity index (χ0n) is 18.6. The molecule has 1 aromatic carbocycles. The maximum atomic E-state index is 12.4. The number of anilines is 2. The molecule has 4 amide bonds. The molecule has 0 aliphatic carbocycles. The van der Waals surface area contributed by atoms with E-state index in [1.54, 1.807) is 18.3 Å². The lowest BCUT2D eigenvalue weighted by molar-refractivity contribution is 0.0912. The van der Waals surface area contributed by atoms with E-state index in [0.29, 0.717) is 48.0 Å². The van der Waals surface area contributed by atoms with Crippen molar-refractivity contribution >= 4 is 34.5 Å². The highest BCUT2D eigenvalue weighted by Crippen LogP contribution is 2.25. The molecule has 2 aliphatic heterocycles. The Hall–Kier alpha value is -3.66. The predicted molar refractivity (Wildman–Crippen MR) is 124 cm³/mol. The van der Waals surface area contributed by atoms with E-state index < -0.39 is 0 Å². The number of para-hydroxylation sites is 1. The monoisotopic (exact) mass is 449 g/mol. The van der Waals surface area contributed by atoms with Crippen LogP contribution in [0.25, 0.3) is 11.1 Å². The number of aromatic nitrogens is 2. The van der Waals surface area contributed by atoms with E-state index in [2.05, 4.69) is 25.5 Å². The number of carbonyl (C=O) groups is 2. The van der Waals surface area contributed by atoms with Gasteiger partial charge in [0.2, 0.25) is 5.89 Å². The quantitative estimate of drug-likeness (QED) is 0.634. The van der Waals surface area contributed by atoms with Gasteiger partial charge in [-0.2, -0.15) is 0 Å². The van der Waals surface area contributed by atoms with Crippen LogP contribution >= 0.6 is 0 Å². The number of aryl methyl sites for hydroxylation is 1. The molecule has 5 rings (SSSR count). The second-order valence-electron chi connectivity index (χ2n) is 8.41. The fourth-order valence-corrected chi connectivity index (χ4v) is 3.99.